The number of amides is 1. The maximum absolute atomic E-state index is 12.2. The van der Waals surface area contributed by atoms with Gasteiger partial charge in [-0.3, -0.25) is 4.79 Å². The van der Waals surface area contributed by atoms with E-state index in [1.54, 1.807) is 23.0 Å². The van der Waals surface area contributed by atoms with Crippen molar-refractivity contribution < 1.29 is 4.79 Å². The Morgan fingerprint density at radius 1 is 1.26 bits per heavy atom. The molecule has 4 rings (SSSR count). The number of aromatic nitrogens is 3. The average molecular weight is 465 g/mol. The molecule has 35 heavy (non-hydrogen) atoms. The van der Waals surface area contributed by atoms with Gasteiger partial charge in [-0.25, -0.2) is 9.67 Å². The first-order valence-electron chi connectivity index (χ1n) is 10.9. The van der Waals surface area contributed by atoms with Crippen molar-refractivity contribution in [2.24, 2.45) is 0 Å². The first-order valence-corrected chi connectivity index (χ1v) is 10.9. The largest absolute Gasteiger partial charge is 0.364 e. The fourth-order valence-electron chi connectivity index (χ4n) is 3.57. The Morgan fingerprint density at radius 2 is 2.06 bits per heavy atom. The van der Waals surface area contributed by atoms with Crippen LogP contribution < -0.4 is 16.0 Å². The first-order chi connectivity index (χ1) is 17.0. The molecule has 1 amide bonds. The monoisotopic (exact) mass is 464 g/mol. The van der Waals surface area contributed by atoms with Gasteiger partial charge in [0, 0.05) is 43.3 Å². The lowest BCUT2D eigenvalue weighted by atomic mass is 10.1. The number of aryl methyl sites for hydroxylation is 1. The number of anilines is 1. The standard InChI is InChI=1S/C26H24N8O/c1-17-4-3-5-25(32-17)34-23(20-10-11-30-22(12-20)21(15-28)26(35)29-2)13-24(33-34)31-16-19-8-6-18(14-27)7-9-19/h3-13,15,28,30H,16H2,1-2H3,(H,29,35)(H,31,33)/b22-21+,28-15?. The Balaban J connectivity index is 1.73. The molecule has 174 valence electrons. The minimum Gasteiger partial charge on any atom is -0.364 e. The van der Waals surface area contributed by atoms with Crippen LogP contribution in [-0.4, -0.2) is 33.9 Å². The van der Waals surface area contributed by atoms with Crippen LogP contribution in [0, 0.1) is 23.7 Å². The lowest BCUT2D eigenvalue weighted by Crippen LogP contribution is -2.25. The normalized spacial score (nSPS) is 13.8. The second-order valence-corrected chi connectivity index (χ2v) is 7.75. The molecule has 0 spiro atoms. The number of dihydropyridines is 1. The third-order valence-corrected chi connectivity index (χ3v) is 5.36. The van der Waals surface area contributed by atoms with Crippen molar-refractivity contribution in [3.8, 4) is 11.9 Å². The van der Waals surface area contributed by atoms with Crippen molar-refractivity contribution in [3.05, 3.63) is 101 Å². The van der Waals surface area contributed by atoms with Crippen molar-refractivity contribution in [1.29, 1.82) is 10.7 Å². The maximum Gasteiger partial charge on any atom is 0.254 e. The molecule has 1 aliphatic rings. The molecule has 4 N–H and O–H groups in total. The van der Waals surface area contributed by atoms with Gasteiger partial charge in [0.2, 0.25) is 0 Å². The smallest absolute Gasteiger partial charge is 0.254 e. The average Bonchev–Trinajstić information content (AvgIpc) is 3.33. The lowest BCUT2D eigenvalue weighted by Gasteiger charge is -2.15. The summed E-state index contributed by atoms with van der Waals surface area (Å²) in [6, 6.07) is 17.1. The second kappa shape index (κ2) is 10.3. The zero-order chi connectivity index (χ0) is 24.8. The minimum atomic E-state index is -0.355. The highest BCUT2D eigenvalue weighted by atomic mass is 16.1. The number of hydrogen-bond acceptors (Lipinski definition) is 7. The number of nitrogens with one attached hydrogen (secondary N) is 4. The molecule has 9 nitrogen and oxygen atoms in total. The van der Waals surface area contributed by atoms with E-state index in [9.17, 15) is 4.79 Å². The summed E-state index contributed by atoms with van der Waals surface area (Å²) in [5, 5.41) is 30.3. The van der Waals surface area contributed by atoms with Crippen LogP contribution in [0.3, 0.4) is 0 Å². The predicted molar refractivity (Wildman–Crippen MR) is 135 cm³/mol. The Bertz CT molecular complexity index is 1400. The van der Waals surface area contributed by atoms with Crippen LogP contribution in [-0.2, 0) is 11.3 Å². The molecule has 0 saturated carbocycles. The summed E-state index contributed by atoms with van der Waals surface area (Å²) in [5.74, 6) is 0.944. The minimum absolute atomic E-state index is 0.216. The van der Waals surface area contributed by atoms with Gasteiger partial charge in [0.1, 0.15) is 5.82 Å². The molecule has 3 heterocycles. The van der Waals surface area contributed by atoms with Crippen molar-refractivity contribution in [3.63, 3.8) is 0 Å². The molecule has 0 unspecified atom stereocenters. The molecular formula is C26H24N8O. The van der Waals surface area contributed by atoms with Crippen LogP contribution in [0.1, 0.15) is 22.5 Å². The number of pyridine rings is 1. The van der Waals surface area contributed by atoms with Gasteiger partial charge in [-0.2, -0.15) is 5.26 Å². The molecule has 9 heteroatoms. The van der Waals surface area contributed by atoms with Gasteiger partial charge in [0.05, 0.1) is 28.6 Å². The van der Waals surface area contributed by atoms with Crippen molar-refractivity contribution >= 4 is 23.5 Å². The number of nitrogens with zero attached hydrogens (tertiary/aromatic N) is 4. The van der Waals surface area contributed by atoms with Gasteiger partial charge in [0.25, 0.3) is 5.91 Å². The number of allylic oxidation sites excluding steroid dienone is 3. The van der Waals surface area contributed by atoms with Crippen LogP contribution in [0.2, 0.25) is 0 Å². The molecule has 0 atom stereocenters. The van der Waals surface area contributed by atoms with Crippen molar-refractivity contribution in [2.45, 2.75) is 13.5 Å². The highest BCUT2D eigenvalue weighted by Crippen LogP contribution is 2.26. The third-order valence-electron chi connectivity index (χ3n) is 5.36. The number of carbonyl (C=O) groups excluding carboxylic acids is 1. The summed E-state index contributed by atoms with van der Waals surface area (Å²) in [5.41, 5.74) is 4.77. The van der Waals surface area contributed by atoms with Gasteiger partial charge in [0.15, 0.2) is 5.82 Å². The molecule has 2 aromatic heterocycles. The zero-order valence-corrected chi connectivity index (χ0v) is 19.3. The lowest BCUT2D eigenvalue weighted by molar-refractivity contribution is -0.116. The Morgan fingerprint density at radius 3 is 2.74 bits per heavy atom. The summed E-state index contributed by atoms with van der Waals surface area (Å²) in [4.78, 5) is 16.8. The summed E-state index contributed by atoms with van der Waals surface area (Å²) in [6.45, 7) is 2.45. The van der Waals surface area contributed by atoms with E-state index in [1.165, 1.54) is 7.05 Å². The summed E-state index contributed by atoms with van der Waals surface area (Å²) in [7, 11) is 1.53. The number of likely N-dealkylation sites (N-methyl/N-ethyl adjacent to an activating group) is 1. The fraction of sp³-hybridized carbons (Fsp3) is 0.115. The van der Waals surface area contributed by atoms with E-state index in [1.807, 2.05) is 55.5 Å². The van der Waals surface area contributed by atoms with Crippen molar-refractivity contribution in [1.82, 2.24) is 25.4 Å². The fourth-order valence-corrected chi connectivity index (χ4v) is 3.57. The molecule has 1 aliphatic heterocycles. The number of nitriles is 1. The molecule has 3 aromatic rings. The van der Waals surface area contributed by atoms with E-state index in [4.69, 9.17) is 15.8 Å². The molecular weight excluding hydrogens is 440 g/mol. The summed E-state index contributed by atoms with van der Waals surface area (Å²) < 4.78 is 1.75. The number of rotatable bonds is 7. The second-order valence-electron chi connectivity index (χ2n) is 7.75. The van der Waals surface area contributed by atoms with Gasteiger partial charge in [-0.1, -0.05) is 18.2 Å². The van der Waals surface area contributed by atoms with Crippen LogP contribution >= 0.6 is 0 Å². The molecule has 0 bridgehead atoms. The summed E-state index contributed by atoms with van der Waals surface area (Å²) in [6.07, 6.45) is 6.44. The summed E-state index contributed by atoms with van der Waals surface area (Å²) >= 11 is 0. The van der Waals surface area contributed by atoms with E-state index >= 15 is 0 Å². The Labute approximate surface area is 203 Å². The highest BCUT2D eigenvalue weighted by Gasteiger charge is 2.18. The predicted octanol–water partition coefficient (Wildman–Crippen LogP) is 3.21. The van der Waals surface area contributed by atoms with Gasteiger partial charge in [-0.05, 0) is 48.9 Å². The SMILES string of the molecule is CNC(=O)/C(C=N)=C1\C=C(c2cc(NCc3ccc(C#N)cc3)nn2-c2cccc(C)n2)C=CN1. The zero-order valence-electron chi connectivity index (χ0n) is 19.3. The highest BCUT2D eigenvalue weighted by molar-refractivity contribution is 6.12. The molecule has 1 aromatic carbocycles. The van der Waals surface area contributed by atoms with Crippen LogP contribution in [0.5, 0.6) is 0 Å². The van der Waals surface area contributed by atoms with Gasteiger partial charge >= 0.3 is 0 Å². The first kappa shape index (κ1) is 23.2. The number of hydrogen-bond donors (Lipinski definition) is 4. The molecule has 0 saturated heterocycles. The van der Waals surface area contributed by atoms with Crippen LogP contribution in [0.15, 0.2) is 78.2 Å². The van der Waals surface area contributed by atoms with Gasteiger partial charge in [-0.15, -0.1) is 5.10 Å². The van der Waals surface area contributed by atoms with E-state index in [2.05, 4.69) is 27.0 Å². The van der Waals surface area contributed by atoms with E-state index in [0.29, 0.717) is 29.4 Å². The maximum atomic E-state index is 12.2. The number of benzene rings is 1. The van der Waals surface area contributed by atoms with E-state index < -0.39 is 0 Å². The van der Waals surface area contributed by atoms with Crippen LogP contribution in [0.25, 0.3) is 11.4 Å². The van der Waals surface area contributed by atoms with E-state index in [0.717, 1.165) is 28.7 Å². The Hall–Kier alpha value is -4.97. The van der Waals surface area contributed by atoms with Crippen LogP contribution in [0.4, 0.5) is 5.82 Å². The molecule has 0 radical (unpaired) electrons. The van der Waals surface area contributed by atoms with Gasteiger partial charge < -0.3 is 21.4 Å². The number of carbonyl (C=O) groups is 1. The van der Waals surface area contributed by atoms with E-state index in [-0.39, 0.29) is 11.5 Å². The topological polar surface area (TPSA) is 132 Å². The quantitative estimate of drug-likeness (QED) is 0.314. The Kier molecular flexibility index (Phi) is 6.83. The molecule has 0 aliphatic carbocycles. The van der Waals surface area contributed by atoms with Crippen molar-refractivity contribution in [2.75, 3.05) is 12.4 Å². The molecule has 0 fully saturated rings. The third kappa shape index (κ3) is 5.17.